The van der Waals surface area contributed by atoms with Crippen LogP contribution in [0.4, 0.5) is 0 Å². The van der Waals surface area contributed by atoms with E-state index in [0.29, 0.717) is 5.54 Å². The Kier molecular flexibility index (Phi) is 3.59. The molecule has 0 bridgehead atoms. The van der Waals surface area contributed by atoms with Gasteiger partial charge in [-0.3, -0.25) is 4.90 Å². The van der Waals surface area contributed by atoms with E-state index in [1.807, 2.05) is 0 Å². The van der Waals surface area contributed by atoms with Crippen LogP contribution in [-0.4, -0.2) is 48.6 Å². The van der Waals surface area contributed by atoms with Crippen molar-refractivity contribution in [2.24, 2.45) is 5.92 Å². The third-order valence-corrected chi connectivity index (χ3v) is 3.47. The van der Waals surface area contributed by atoms with Crippen LogP contribution in [0.3, 0.4) is 0 Å². The third kappa shape index (κ3) is 2.71. The van der Waals surface area contributed by atoms with Gasteiger partial charge in [-0.1, -0.05) is 6.92 Å². The summed E-state index contributed by atoms with van der Waals surface area (Å²) in [5.74, 6) is 0.790. The molecule has 0 saturated carbocycles. The fourth-order valence-corrected chi connectivity index (χ4v) is 2.51. The summed E-state index contributed by atoms with van der Waals surface area (Å²) in [5.41, 5.74) is 0.339. The summed E-state index contributed by atoms with van der Waals surface area (Å²) in [5, 5.41) is 0. The molecule has 84 valence electrons. The average Bonchev–Trinajstić information content (AvgIpc) is 2.01. The van der Waals surface area contributed by atoms with Crippen molar-refractivity contribution in [3.05, 3.63) is 0 Å². The lowest BCUT2D eigenvalue weighted by Crippen LogP contribution is -2.53. The highest BCUT2D eigenvalue weighted by Crippen LogP contribution is 2.25. The smallest absolute Gasteiger partial charge is 0.0139 e. The van der Waals surface area contributed by atoms with Gasteiger partial charge in [0.25, 0.3) is 0 Å². The molecule has 1 saturated heterocycles. The van der Waals surface area contributed by atoms with E-state index in [4.69, 9.17) is 0 Å². The molecule has 0 amide bonds. The predicted octanol–water partition coefficient (Wildman–Crippen LogP) is 2.06. The molecule has 0 aromatic carbocycles. The minimum atomic E-state index is 0.339. The van der Waals surface area contributed by atoms with Gasteiger partial charge in [0, 0.05) is 24.7 Å². The summed E-state index contributed by atoms with van der Waals surface area (Å²) in [4.78, 5) is 4.99. The van der Waals surface area contributed by atoms with Crippen molar-refractivity contribution in [3.8, 4) is 0 Å². The lowest BCUT2D eigenvalue weighted by molar-refractivity contribution is 0.0373. The van der Waals surface area contributed by atoms with Crippen LogP contribution in [0.1, 0.15) is 34.1 Å². The first kappa shape index (κ1) is 12.0. The zero-order chi connectivity index (χ0) is 10.9. The summed E-state index contributed by atoms with van der Waals surface area (Å²) in [6.45, 7) is 11.8. The maximum atomic E-state index is 2.61. The fourth-order valence-electron chi connectivity index (χ4n) is 2.51. The molecule has 0 spiro atoms. The van der Waals surface area contributed by atoms with Gasteiger partial charge in [-0.25, -0.2) is 0 Å². The minimum Gasteiger partial charge on any atom is -0.306 e. The monoisotopic (exact) mass is 198 g/mol. The van der Waals surface area contributed by atoms with Gasteiger partial charge in [0.2, 0.25) is 0 Å². The van der Waals surface area contributed by atoms with Crippen molar-refractivity contribution < 1.29 is 0 Å². The second kappa shape index (κ2) is 4.19. The lowest BCUT2D eigenvalue weighted by atomic mass is 9.90. The van der Waals surface area contributed by atoms with Gasteiger partial charge < -0.3 is 4.90 Å². The van der Waals surface area contributed by atoms with Crippen LogP contribution in [0, 0.1) is 5.92 Å². The van der Waals surface area contributed by atoms with E-state index >= 15 is 0 Å². The Balaban J connectivity index is 2.55. The molecule has 0 aliphatic carbocycles. The van der Waals surface area contributed by atoms with Crippen molar-refractivity contribution in [1.82, 2.24) is 9.80 Å². The van der Waals surface area contributed by atoms with Crippen LogP contribution in [-0.2, 0) is 0 Å². The van der Waals surface area contributed by atoms with Crippen LogP contribution in [0.5, 0.6) is 0 Å². The summed E-state index contributed by atoms with van der Waals surface area (Å²) in [6, 6.07) is 0.772. The number of nitrogens with zero attached hydrogens (tertiary/aromatic N) is 2. The average molecular weight is 198 g/mol. The van der Waals surface area contributed by atoms with E-state index < -0.39 is 0 Å². The quantitative estimate of drug-likeness (QED) is 0.636. The zero-order valence-electron chi connectivity index (χ0n) is 10.7. The maximum Gasteiger partial charge on any atom is 0.0139 e. The Bertz CT molecular complexity index is 181. The first-order chi connectivity index (χ1) is 6.32. The standard InChI is InChI=1S/C12H26N2/c1-10-9-14(12(2,3)4)8-7-11(10)13(5)6/h10-11H,7-9H2,1-6H3/t10-,11-/m0/s1. The van der Waals surface area contributed by atoms with Crippen LogP contribution in [0.2, 0.25) is 0 Å². The number of rotatable bonds is 1. The van der Waals surface area contributed by atoms with Crippen LogP contribution >= 0.6 is 0 Å². The first-order valence-electron chi connectivity index (χ1n) is 5.74. The second-order valence-electron chi connectivity index (χ2n) is 5.91. The SMILES string of the molecule is C[C@H]1CN(C(C)(C)C)CC[C@@H]1N(C)C. The number of piperidine rings is 1. The minimum absolute atomic E-state index is 0.339. The molecular formula is C12H26N2. The predicted molar refractivity (Wildman–Crippen MR) is 62.6 cm³/mol. The van der Waals surface area contributed by atoms with E-state index in [1.54, 1.807) is 0 Å². The molecule has 1 rings (SSSR count). The van der Waals surface area contributed by atoms with Crippen molar-refractivity contribution >= 4 is 0 Å². The fraction of sp³-hybridized carbons (Fsp3) is 1.00. The Morgan fingerprint density at radius 2 is 1.79 bits per heavy atom. The molecule has 0 unspecified atom stereocenters. The number of likely N-dealkylation sites (tertiary alicyclic amines) is 1. The van der Waals surface area contributed by atoms with Gasteiger partial charge in [-0.2, -0.15) is 0 Å². The van der Waals surface area contributed by atoms with E-state index in [0.717, 1.165) is 12.0 Å². The van der Waals surface area contributed by atoms with Crippen molar-refractivity contribution in [1.29, 1.82) is 0 Å². The highest BCUT2D eigenvalue weighted by atomic mass is 15.2. The lowest BCUT2D eigenvalue weighted by Gasteiger charge is -2.45. The molecule has 1 aliphatic rings. The maximum absolute atomic E-state index is 2.61. The van der Waals surface area contributed by atoms with E-state index in [-0.39, 0.29) is 0 Å². The highest BCUT2D eigenvalue weighted by Gasteiger charge is 2.32. The summed E-state index contributed by atoms with van der Waals surface area (Å²) >= 11 is 0. The molecule has 1 heterocycles. The van der Waals surface area contributed by atoms with Crippen LogP contribution in [0.15, 0.2) is 0 Å². The van der Waals surface area contributed by atoms with Gasteiger partial charge in [0.1, 0.15) is 0 Å². The molecule has 0 aromatic heterocycles. The van der Waals surface area contributed by atoms with Crippen molar-refractivity contribution in [2.75, 3.05) is 27.2 Å². The van der Waals surface area contributed by atoms with Gasteiger partial charge >= 0.3 is 0 Å². The summed E-state index contributed by atoms with van der Waals surface area (Å²) < 4.78 is 0. The number of hydrogen-bond donors (Lipinski definition) is 0. The normalized spacial score (nSPS) is 31.1. The van der Waals surface area contributed by atoms with Gasteiger partial charge in [-0.15, -0.1) is 0 Å². The molecular weight excluding hydrogens is 172 g/mol. The van der Waals surface area contributed by atoms with Crippen molar-refractivity contribution in [3.63, 3.8) is 0 Å². The molecule has 2 atom stereocenters. The summed E-state index contributed by atoms with van der Waals surface area (Å²) in [6.07, 6.45) is 1.31. The van der Waals surface area contributed by atoms with Gasteiger partial charge in [0.15, 0.2) is 0 Å². The second-order valence-corrected chi connectivity index (χ2v) is 5.91. The first-order valence-corrected chi connectivity index (χ1v) is 5.74. The number of hydrogen-bond acceptors (Lipinski definition) is 2. The summed E-state index contributed by atoms with van der Waals surface area (Å²) in [7, 11) is 4.40. The Morgan fingerprint density at radius 1 is 1.21 bits per heavy atom. The Hall–Kier alpha value is -0.0800. The molecule has 1 aliphatic heterocycles. The highest BCUT2D eigenvalue weighted by molar-refractivity contribution is 4.87. The van der Waals surface area contributed by atoms with Crippen molar-refractivity contribution in [2.45, 2.75) is 45.7 Å². The molecule has 1 fully saturated rings. The van der Waals surface area contributed by atoms with E-state index in [1.165, 1.54) is 19.5 Å². The van der Waals surface area contributed by atoms with Gasteiger partial charge in [0.05, 0.1) is 0 Å². The van der Waals surface area contributed by atoms with E-state index in [9.17, 15) is 0 Å². The molecule has 0 N–H and O–H groups in total. The molecule has 14 heavy (non-hydrogen) atoms. The Morgan fingerprint density at radius 3 is 2.14 bits per heavy atom. The topological polar surface area (TPSA) is 6.48 Å². The Labute approximate surface area is 89.3 Å². The third-order valence-electron chi connectivity index (χ3n) is 3.47. The zero-order valence-corrected chi connectivity index (χ0v) is 10.7. The molecule has 0 radical (unpaired) electrons. The molecule has 2 heteroatoms. The van der Waals surface area contributed by atoms with Crippen LogP contribution in [0.25, 0.3) is 0 Å². The van der Waals surface area contributed by atoms with E-state index in [2.05, 4.69) is 51.6 Å². The molecule has 0 aromatic rings. The molecule has 2 nitrogen and oxygen atoms in total. The largest absolute Gasteiger partial charge is 0.306 e. The van der Waals surface area contributed by atoms with Crippen LogP contribution < -0.4 is 0 Å². The van der Waals surface area contributed by atoms with Gasteiger partial charge in [-0.05, 0) is 47.2 Å².